The number of amidine groups is 1. The predicted molar refractivity (Wildman–Crippen MR) is 153 cm³/mol. The average Bonchev–Trinajstić information content (AvgIpc) is 3.53. The van der Waals surface area contributed by atoms with Crippen molar-refractivity contribution in [2.45, 2.75) is 39.5 Å². The van der Waals surface area contributed by atoms with Gasteiger partial charge in [-0.15, -0.1) is 0 Å². The maximum Gasteiger partial charge on any atom is 0.135 e. The monoisotopic (exact) mass is 472 g/mol. The Morgan fingerprint density at radius 2 is 1.33 bits per heavy atom. The first-order chi connectivity index (χ1) is 17.5. The Morgan fingerprint density at radius 1 is 0.667 bits per heavy atom. The van der Waals surface area contributed by atoms with Crippen molar-refractivity contribution in [3.63, 3.8) is 0 Å². The molecule has 0 N–H and O–H groups in total. The van der Waals surface area contributed by atoms with Crippen LogP contribution >= 0.6 is 0 Å². The summed E-state index contributed by atoms with van der Waals surface area (Å²) < 4.78 is 6.08. The van der Waals surface area contributed by atoms with E-state index in [1.807, 2.05) is 12.1 Å². The lowest BCUT2D eigenvalue weighted by molar-refractivity contribution is 0.669. The van der Waals surface area contributed by atoms with E-state index in [4.69, 9.17) is 9.41 Å². The van der Waals surface area contributed by atoms with E-state index in [1.165, 1.54) is 27.9 Å². The Hall–Kier alpha value is -3.85. The number of benzene rings is 4. The van der Waals surface area contributed by atoms with Crippen LogP contribution in [-0.4, -0.2) is 18.9 Å². The van der Waals surface area contributed by atoms with Crippen LogP contribution in [0.25, 0.3) is 33.1 Å². The molecule has 2 heterocycles. The summed E-state index contributed by atoms with van der Waals surface area (Å²) in [5, 5.41) is 2.29. The summed E-state index contributed by atoms with van der Waals surface area (Å²) in [7, 11) is 0. The third-order valence-electron chi connectivity index (χ3n) is 7.27. The van der Waals surface area contributed by atoms with Crippen molar-refractivity contribution in [3.8, 4) is 11.1 Å². The van der Waals surface area contributed by atoms with Crippen LogP contribution in [0.15, 0.2) is 94.3 Å². The second-order valence-corrected chi connectivity index (χ2v) is 10.3. The van der Waals surface area contributed by atoms with Gasteiger partial charge in [0.25, 0.3) is 0 Å². The minimum absolute atomic E-state index is 0.392. The minimum atomic E-state index is 0.392. The van der Waals surface area contributed by atoms with Gasteiger partial charge < -0.3 is 9.32 Å². The number of rotatable bonds is 5. The molecule has 0 aliphatic carbocycles. The molecule has 3 heteroatoms. The standard InChI is InChI=1S/C33H32N2O/c1-21(2)27-19-25(23-10-6-5-7-11-23)20-28(22(3)4)32(27)35-17-16-34-33(35)24-14-15-31-29(18-24)26-12-8-9-13-30(26)36-31/h5-15,18-22H,16-17H2,1-4H3. The summed E-state index contributed by atoms with van der Waals surface area (Å²) in [6.45, 7) is 10.9. The molecule has 0 saturated heterocycles. The van der Waals surface area contributed by atoms with Crippen molar-refractivity contribution in [1.82, 2.24) is 0 Å². The fourth-order valence-corrected chi connectivity index (χ4v) is 5.45. The van der Waals surface area contributed by atoms with Crippen molar-refractivity contribution in [2.75, 3.05) is 18.0 Å². The van der Waals surface area contributed by atoms with Gasteiger partial charge in [-0.1, -0.05) is 76.2 Å². The number of anilines is 1. The zero-order chi connectivity index (χ0) is 24.8. The summed E-state index contributed by atoms with van der Waals surface area (Å²) in [6, 6.07) is 30.3. The SMILES string of the molecule is CC(C)c1cc(-c2ccccc2)cc(C(C)C)c1N1CCN=C1c1ccc2oc3ccccc3c2c1. The van der Waals surface area contributed by atoms with Gasteiger partial charge in [0, 0.05) is 28.6 Å². The Labute approximate surface area is 213 Å². The number of para-hydroxylation sites is 1. The van der Waals surface area contributed by atoms with Crippen LogP contribution in [-0.2, 0) is 0 Å². The first kappa shape index (κ1) is 22.6. The van der Waals surface area contributed by atoms with Crippen LogP contribution in [0.2, 0.25) is 0 Å². The number of furan rings is 1. The molecule has 4 aromatic carbocycles. The lowest BCUT2D eigenvalue weighted by Crippen LogP contribution is -2.30. The lowest BCUT2D eigenvalue weighted by Gasteiger charge is -2.30. The number of fused-ring (bicyclic) bond motifs is 3. The quantitative estimate of drug-likeness (QED) is 0.256. The molecule has 5 aromatic rings. The molecule has 0 fully saturated rings. The molecule has 6 rings (SSSR count). The minimum Gasteiger partial charge on any atom is -0.456 e. The van der Waals surface area contributed by atoms with E-state index >= 15 is 0 Å². The maximum atomic E-state index is 6.08. The van der Waals surface area contributed by atoms with Crippen molar-refractivity contribution in [3.05, 3.63) is 102 Å². The van der Waals surface area contributed by atoms with Crippen LogP contribution in [0.4, 0.5) is 5.69 Å². The van der Waals surface area contributed by atoms with E-state index in [9.17, 15) is 0 Å². The molecule has 0 bridgehead atoms. The molecule has 36 heavy (non-hydrogen) atoms. The molecule has 0 radical (unpaired) electrons. The zero-order valence-corrected chi connectivity index (χ0v) is 21.5. The van der Waals surface area contributed by atoms with Gasteiger partial charge in [-0.2, -0.15) is 0 Å². The molecule has 1 aromatic heterocycles. The molecule has 3 nitrogen and oxygen atoms in total. The Morgan fingerprint density at radius 3 is 2.06 bits per heavy atom. The molecule has 0 amide bonds. The number of hydrogen-bond acceptors (Lipinski definition) is 3. The zero-order valence-electron chi connectivity index (χ0n) is 21.5. The van der Waals surface area contributed by atoms with Gasteiger partial charge in [-0.05, 0) is 70.5 Å². The van der Waals surface area contributed by atoms with E-state index in [0.29, 0.717) is 11.8 Å². The molecule has 0 unspecified atom stereocenters. The fourth-order valence-electron chi connectivity index (χ4n) is 5.45. The second-order valence-electron chi connectivity index (χ2n) is 10.3. The van der Waals surface area contributed by atoms with Crippen LogP contribution in [0, 0.1) is 0 Å². The highest BCUT2D eigenvalue weighted by Crippen LogP contribution is 2.41. The van der Waals surface area contributed by atoms with Gasteiger partial charge in [0.15, 0.2) is 0 Å². The molecule has 0 saturated carbocycles. The summed E-state index contributed by atoms with van der Waals surface area (Å²) in [5.74, 6) is 1.84. The van der Waals surface area contributed by atoms with Gasteiger partial charge in [-0.25, -0.2) is 0 Å². The fraction of sp³-hybridized carbons (Fsp3) is 0.242. The summed E-state index contributed by atoms with van der Waals surface area (Å²) in [4.78, 5) is 7.49. The second kappa shape index (κ2) is 8.98. The van der Waals surface area contributed by atoms with Crippen molar-refractivity contribution in [2.24, 2.45) is 4.99 Å². The van der Waals surface area contributed by atoms with Gasteiger partial charge in [0.1, 0.15) is 17.0 Å². The number of aliphatic imine (C=N–C) groups is 1. The normalized spacial score (nSPS) is 13.9. The number of hydrogen-bond donors (Lipinski definition) is 0. The Kier molecular flexibility index (Phi) is 5.64. The molecular formula is C33H32N2O. The van der Waals surface area contributed by atoms with Crippen LogP contribution in [0.5, 0.6) is 0 Å². The summed E-state index contributed by atoms with van der Waals surface area (Å²) in [6.07, 6.45) is 0. The van der Waals surface area contributed by atoms with Gasteiger partial charge >= 0.3 is 0 Å². The van der Waals surface area contributed by atoms with E-state index in [2.05, 4.69) is 105 Å². The van der Waals surface area contributed by atoms with Gasteiger partial charge in [-0.3, -0.25) is 4.99 Å². The van der Waals surface area contributed by atoms with Crippen molar-refractivity contribution in [1.29, 1.82) is 0 Å². The molecule has 1 aliphatic rings. The summed E-state index contributed by atoms with van der Waals surface area (Å²) in [5.41, 5.74) is 9.62. The van der Waals surface area contributed by atoms with Crippen LogP contribution < -0.4 is 4.90 Å². The van der Waals surface area contributed by atoms with Crippen molar-refractivity contribution < 1.29 is 4.42 Å². The largest absolute Gasteiger partial charge is 0.456 e. The van der Waals surface area contributed by atoms with E-state index in [0.717, 1.165) is 46.4 Å². The highest BCUT2D eigenvalue weighted by atomic mass is 16.3. The summed E-state index contributed by atoms with van der Waals surface area (Å²) >= 11 is 0. The first-order valence-corrected chi connectivity index (χ1v) is 13.0. The van der Waals surface area contributed by atoms with E-state index in [-0.39, 0.29) is 0 Å². The highest BCUT2D eigenvalue weighted by molar-refractivity contribution is 6.15. The molecule has 0 atom stereocenters. The molecular weight excluding hydrogens is 440 g/mol. The van der Waals surface area contributed by atoms with Gasteiger partial charge in [0.2, 0.25) is 0 Å². The van der Waals surface area contributed by atoms with Crippen LogP contribution in [0.3, 0.4) is 0 Å². The van der Waals surface area contributed by atoms with Gasteiger partial charge in [0.05, 0.1) is 6.54 Å². The van der Waals surface area contributed by atoms with E-state index < -0.39 is 0 Å². The molecule has 1 aliphatic heterocycles. The van der Waals surface area contributed by atoms with Crippen LogP contribution in [0.1, 0.15) is 56.2 Å². The number of nitrogens with zero attached hydrogens (tertiary/aromatic N) is 2. The first-order valence-electron chi connectivity index (χ1n) is 13.0. The Bertz CT molecular complexity index is 1560. The average molecular weight is 473 g/mol. The third-order valence-corrected chi connectivity index (χ3v) is 7.27. The van der Waals surface area contributed by atoms with Crippen molar-refractivity contribution >= 4 is 33.5 Å². The lowest BCUT2D eigenvalue weighted by atomic mass is 9.87. The molecule has 0 spiro atoms. The highest BCUT2D eigenvalue weighted by Gasteiger charge is 2.28. The molecule has 180 valence electrons. The topological polar surface area (TPSA) is 28.7 Å². The van der Waals surface area contributed by atoms with E-state index in [1.54, 1.807) is 0 Å². The predicted octanol–water partition coefficient (Wildman–Crippen LogP) is 8.77. The smallest absolute Gasteiger partial charge is 0.135 e. The Balaban J connectivity index is 1.50. The maximum absolute atomic E-state index is 6.08. The third kappa shape index (κ3) is 3.80.